The van der Waals surface area contributed by atoms with Gasteiger partial charge in [0.1, 0.15) is 5.58 Å². The number of nitrogens with zero attached hydrogens (tertiary/aromatic N) is 1. The van der Waals surface area contributed by atoms with Gasteiger partial charge in [0.25, 0.3) is 5.91 Å². The minimum atomic E-state index is -0.200. The fraction of sp³-hybridized carbons (Fsp3) is 0.238. The normalized spacial score (nSPS) is 15.4. The molecular weight excluding hydrogens is 314 g/mol. The minimum absolute atomic E-state index is 0.127. The predicted octanol–water partition coefficient (Wildman–Crippen LogP) is 3.81. The lowest BCUT2D eigenvalue weighted by Crippen LogP contribution is -2.38. The van der Waals surface area contributed by atoms with E-state index in [-0.39, 0.29) is 17.1 Å². The van der Waals surface area contributed by atoms with Gasteiger partial charge in [0.2, 0.25) is 0 Å². The van der Waals surface area contributed by atoms with E-state index in [1.54, 1.807) is 29.2 Å². The number of hydrogen-bond acceptors (Lipinski definition) is 3. The van der Waals surface area contributed by atoms with E-state index < -0.39 is 0 Å². The summed E-state index contributed by atoms with van der Waals surface area (Å²) in [6.45, 7) is 1.35. The van der Waals surface area contributed by atoms with E-state index in [0.29, 0.717) is 30.0 Å². The molecule has 0 unspecified atom stereocenters. The van der Waals surface area contributed by atoms with Crippen molar-refractivity contribution in [2.75, 3.05) is 13.1 Å². The Morgan fingerprint density at radius 1 is 0.960 bits per heavy atom. The van der Waals surface area contributed by atoms with Crippen molar-refractivity contribution >= 4 is 16.9 Å². The second-order valence-electron chi connectivity index (χ2n) is 6.45. The van der Waals surface area contributed by atoms with Crippen LogP contribution in [0, 0.1) is 0 Å². The molecule has 1 aliphatic heterocycles. The first-order chi connectivity index (χ1) is 12.2. The third-order valence-corrected chi connectivity index (χ3v) is 4.90. The molecule has 0 N–H and O–H groups in total. The van der Waals surface area contributed by atoms with Gasteiger partial charge < -0.3 is 9.32 Å². The Kier molecular flexibility index (Phi) is 4.10. The molecule has 3 aromatic rings. The van der Waals surface area contributed by atoms with E-state index >= 15 is 0 Å². The van der Waals surface area contributed by atoms with E-state index in [2.05, 4.69) is 24.3 Å². The number of rotatable bonds is 2. The number of likely N-dealkylation sites (tertiary alicyclic amines) is 1. The van der Waals surface area contributed by atoms with Crippen LogP contribution in [0.1, 0.15) is 34.9 Å². The number of hydrogen-bond donors (Lipinski definition) is 0. The molecule has 25 heavy (non-hydrogen) atoms. The molecule has 0 atom stereocenters. The zero-order valence-corrected chi connectivity index (χ0v) is 13.9. The molecule has 0 radical (unpaired) electrons. The zero-order chi connectivity index (χ0) is 17.2. The van der Waals surface area contributed by atoms with E-state index in [9.17, 15) is 9.59 Å². The Morgan fingerprint density at radius 2 is 1.64 bits per heavy atom. The van der Waals surface area contributed by atoms with Crippen molar-refractivity contribution < 1.29 is 9.21 Å². The van der Waals surface area contributed by atoms with Gasteiger partial charge in [0.15, 0.2) is 11.2 Å². The van der Waals surface area contributed by atoms with Gasteiger partial charge in [-0.25, -0.2) is 0 Å². The molecule has 0 spiro atoms. The molecule has 126 valence electrons. The standard InChI is InChI=1S/C21H19NO3/c23-18-14-20(25-19-9-5-4-8-17(18)19)21(24)22-12-10-16(11-13-22)15-6-2-1-3-7-15/h1-9,14,16H,10-13H2. The van der Waals surface area contributed by atoms with Crippen molar-refractivity contribution in [3.8, 4) is 0 Å². The van der Waals surface area contributed by atoms with Crippen molar-refractivity contribution in [3.63, 3.8) is 0 Å². The molecule has 1 fully saturated rings. The average Bonchev–Trinajstić information content (AvgIpc) is 2.68. The minimum Gasteiger partial charge on any atom is -0.451 e. The van der Waals surface area contributed by atoms with Gasteiger partial charge in [0.05, 0.1) is 5.39 Å². The SMILES string of the molecule is O=C(c1cc(=O)c2ccccc2o1)N1CCC(c2ccccc2)CC1. The summed E-state index contributed by atoms with van der Waals surface area (Å²) in [6, 6.07) is 18.7. The molecule has 1 aromatic heterocycles. The first-order valence-corrected chi connectivity index (χ1v) is 8.59. The van der Waals surface area contributed by atoms with Crippen molar-refractivity contribution in [3.05, 3.63) is 82.2 Å². The molecule has 4 rings (SSSR count). The summed E-state index contributed by atoms with van der Waals surface area (Å²) in [7, 11) is 0. The van der Waals surface area contributed by atoms with Gasteiger partial charge in [-0.2, -0.15) is 0 Å². The highest BCUT2D eigenvalue weighted by atomic mass is 16.3. The number of fused-ring (bicyclic) bond motifs is 1. The van der Waals surface area contributed by atoms with Crippen molar-refractivity contribution in [2.24, 2.45) is 0 Å². The van der Waals surface area contributed by atoms with Crippen molar-refractivity contribution in [1.82, 2.24) is 4.90 Å². The highest BCUT2D eigenvalue weighted by molar-refractivity contribution is 5.93. The monoisotopic (exact) mass is 333 g/mol. The third kappa shape index (κ3) is 3.07. The number of carbonyl (C=O) groups excluding carboxylic acids is 1. The molecule has 2 heterocycles. The van der Waals surface area contributed by atoms with Crippen molar-refractivity contribution in [1.29, 1.82) is 0 Å². The Morgan fingerprint density at radius 3 is 2.40 bits per heavy atom. The lowest BCUT2D eigenvalue weighted by atomic mass is 9.89. The molecule has 4 nitrogen and oxygen atoms in total. The van der Waals surface area contributed by atoms with Crippen molar-refractivity contribution in [2.45, 2.75) is 18.8 Å². The van der Waals surface area contributed by atoms with E-state index in [4.69, 9.17) is 4.42 Å². The summed E-state index contributed by atoms with van der Waals surface area (Å²) in [5.74, 6) is 0.407. The van der Waals surface area contributed by atoms with Crippen LogP contribution in [0.2, 0.25) is 0 Å². The molecule has 0 saturated carbocycles. The summed E-state index contributed by atoms with van der Waals surface area (Å²) in [6.07, 6.45) is 1.85. The Bertz CT molecular complexity index is 954. The lowest BCUT2D eigenvalue weighted by Gasteiger charge is -2.31. The quantitative estimate of drug-likeness (QED) is 0.716. The number of para-hydroxylation sites is 1. The van der Waals surface area contributed by atoms with Crippen LogP contribution in [0.15, 0.2) is 69.9 Å². The van der Waals surface area contributed by atoms with Gasteiger partial charge in [-0.3, -0.25) is 9.59 Å². The summed E-state index contributed by atoms with van der Waals surface area (Å²) < 4.78 is 5.68. The first kappa shape index (κ1) is 15.6. The predicted molar refractivity (Wildman–Crippen MR) is 96.8 cm³/mol. The second kappa shape index (κ2) is 6.55. The molecule has 2 aromatic carbocycles. The number of carbonyl (C=O) groups is 1. The van der Waals surface area contributed by atoms with Gasteiger partial charge in [-0.05, 0) is 36.5 Å². The third-order valence-electron chi connectivity index (χ3n) is 4.90. The first-order valence-electron chi connectivity index (χ1n) is 8.59. The highest BCUT2D eigenvalue weighted by Gasteiger charge is 2.26. The highest BCUT2D eigenvalue weighted by Crippen LogP contribution is 2.28. The second-order valence-corrected chi connectivity index (χ2v) is 6.45. The maximum Gasteiger partial charge on any atom is 0.289 e. The molecule has 1 saturated heterocycles. The molecular formula is C21H19NO3. The van der Waals surface area contributed by atoms with Crippen LogP contribution in [-0.4, -0.2) is 23.9 Å². The molecule has 1 amide bonds. The number of amides is 1. The summed E-state index contributed by atoms with van der Waals surface area (Å²) in [5, 5.41) is 0.502. The van der Waals surface area contributed by atoms with Gasteiger partial charge >= 0.3 is 0 Å². The van der Waals surface area contributed by atoms with Crippen LogP contribution < -0.4 is 5.43 Å². The average molecular weight is 333 g/mol. The number of piperidine rings is 1. The maximum atomic E-state index is 12.7. The molecule has 0 bridgehead atoms. The van der Waals surface area contributed by atoms with E-state index in [1.807, 2.05) is 6.07 Å². The van der Waals surface area contributed by atoms with Crippen LogP contribution in [-0.2, 0) is 0 Å². The van der Waals surface area contributed by atoms with Crippen LogP contribution in [0.3, 0.4) is 0 Å². The molecule has 4 heteroatoms. The lowest BCUT2D eigenvalue weighted by molar-refractivity contribution is 0.0681. The Labute approximate surface area is 145 Å². The Hall–Kier alpha value is -2.88. The fourth-order valence-electron chi connectivity index (χ4n) is 3.51. The molecule has 1 aliphatic rings. The topological polar surface area (TPSA) is 50.5 Å². The maximum absolute atomic E-state index is 12.7. The number of benzene rings is 2. The van der Waals surface area contributed by atoms with E-state index in [0.717, 1.165) is 12.8 Å². The zero-order valence-electron chi connectivity index (χ0n) is 13.9. The largest absolute Gasteiger partial charge is 0.451 e. The fourth-order valence-corrected chi connectivity index (χ4v) is 3.51. The van der Waals surface area contributed by atoms with Crippen LogP contribution >= 0.6 is 0 Å². The van der Waals surface area contributed by atoms with E-state index in [1.165, 1.54) is 11.6 Å². The smallest absolute Gasteiger partial charge is 0.289 e. The van der Waals surface area contributed by atoms with Crippen LogP contribution in [0.4, 0.5) is 0 Å². The summed E-state index contributed by atoms with van der Waals surface area (Å²) >= 11 is 0. The summed E-state index contributed by atoms with van der Waals surface area (Å²) in [4.78, 5) is 26.7. The Balaban J connectivity index is 1.52. The van der Waals surface area contributed by atoms with Crippen LogP contribution in [0.25, 0.3) is 11.0 Å². The summed E-state index contributed by atoms with van der Waals surface area (Å²) in [5.41, 5.74) is 1.61. The molecule has 0 aliphatic carbocycles. The van der Waals surface area contributed by atoms with Gasteiger partial charge in [0, 0.05) is 19.2 Å². The van der Waals surface area contributed by atoms with Crippen LogP contribution in [0.5, 0.6) is 0 Å². The van der Waals surface area contributed by atoms with Gasteiger partial charge in [-0.1, -0.05) is 42.5 Å². The van der Waals surface area contributed by atoms with Gasteiger partial charge in [-0.15, -0.1) is 0 Å².